The summed E-state index contributed by atoms with van der Waals surface area (Å²) in [6.07, 6.45) is 0. The van der Waals surface area contributed by atoms with Gasteiger partial charge in [0.25, 0.3) is 0 Å². The zero-order valence-electron chi connectivity index (χ0n) is 13.1. The Hall–Kier alpha value is -1.82. The summed E-state index contributed by atoms with van der Waals surface area (Å²) in [6.45, 7) is 0. The summed E-state index contributed by atoms with van der Waals surface area (Å²) in [6, 6.07) is 35.2. The molecule has 0 aliphatic carbocycles. The van der Waals surface area contributed by atoms with E-state index in [0.29, 0.717) is 29.9 Å². The molecule has 4 aromatic rings. The van der Waals surface area contributed by atoms with E-state index in [0.717, 1.165) is 0 Å². The zero-order chi connectivity index (χ0) is 16.2. The molecule has 4 rings (SSSR count). The van der Waals surface area contributed by atoms with Crippen LogP contribution in [-0.4, -0.2) is 29.9 Å². The number of hydrogen-bond donors (Lipinski definition) is 0. The summed E-state index contributed by atoms with van der Waals surface area (Å²) in [7, 11) is 0. The van der Waals surface area contributed by atoms with Gasteiger partial charge in [-0.05, 0) is 0 Å². The van der Waals surface area contributed by atoms with E-state index in [9.17, 15) is 0 Å². The second-order valence-electron chi connectivity index (χ2n) is 5.44. The van der Waals surface area contributed by atoms with Crippen molar-refractivity contribution in [1.82, 2.24) is 0 Å². The fraction of sp³-hybridized carbons (Fsp3) is 0. The van der Waals surface area contributed by atoms with Crippen LogP contribution in [0, 0.1) is 0 Å². The molecule has 0 N–H and O–H groups in total. The van der Waals surface area contributed by atoms with Crippen molar-refractivity contribution in [3.8, 4) is 0 Å². The van der Waals surface area contributed by atoms with E-state index in [2.05, 4.69) is 97.1 Å². The molecule has 0 spiro atoms. The average molecular weight is 438 g/mol. The van der Waals surface area contributed by atoms with E-state index >= 15 is 0 Å². The summed E-state index contributed by atoms with van der Waals surface area (Å²) in [4.78, 5) is 0. The van der Waals surface area contributed by atoms with Gasteiger partial charge in [0.2, 0.25) is 0 Å². The van der Waals surface area contributed by atoms with Gasteiger partial charge in [-0.3, -0.25) is 0 Å². The second kappa shape index (κ2) is 7.38. The van der Waals surface area contributed by atoms with Crippen molar-refractivity contribution < 1.29 is 0 Å². The van der Waals surface area contributed by atoms with Gasteiger partial charge in [-0.15, -0.1) is 0 Å². The van der Waals surface area contributed by atoms with Crippen molar-refractivity contribution in [1.29, 1.82) is 0 Å². The van der Waals surface area contributed by atoms with Crippen molar-refractivity contribution in [2.24, 2.45) is 0 Å². The Bertz CT molecular complexity index is 871. The van der Waals surface area contributed by atoms with Gasteiger partial charge in [-0.1, -0.05) is 0 Å². The molecule has 0 aliphatic rings. The Morgan fingerprint density at radius 1 is 0.583 bits per heavy atom. The minimum absolute atomic E-state index is 0.337. The van der Waals surface area contributed by atoms with Gasteiger partial charge >= 0.3 is 156 Å². The molecule has 0 atom stereocenters. The molecule has 1 radical (unpaired) electrons. The maximum atomic E-state index is 2.31. The van der Waals surface area contributed by atoms with Crippen molar-refractivity contribution >= 4 is 58.5 Å². The number of fused-ring (bicyclic) bond motifs is 1. The van der Waals surface area contributed by atoms with Crippen molar-refractivity contribution in [2.75, 3.05) is 0 Å². The van der Waals surface area contributed by atoms with E-state index in [1.54, 1.807) is 0 Å². The third-order valence-corrected chi connectivity index (χ3v) is 8.25. The van der Waals surface area contributed by atoms with Crippen LogP contribution < -0.4 is 17.8 Å². The summed E-state index contributed by atoms with van der Waals surface area (Å²) in [5.41, 5.74) is 0. The number of hydrogen-bond acceptors (Lipinski definition) is 0. The normalized spacial score (nSPS) is 10.8. The Morgan fingerprint density at radius 3 is 2.00 bits per heavy atom. The van der Waals surface area contributed by atoms with Crippen LogP contribution in [0.15, 0.2) is 97.1 Å². The SMILES string of the molecule is c1ccc([Se]c2cccc3cccc([Se+]c4ccccc4)c23)cc1. The molecule has 0 fully saturated rings. The third kappa shape index (κ3) is 3.48. The van der Waals surface area contributed by atoms with Gasteiger partial charge in [0, 0.05) is 0 Å². The maximum absolute atomic E-state index is 2.31. The Labute approximate surface area is 155 Å². The first-order valence-electron chi connectivity index (χ1n) is 7.88. The average Bonchev–Trinajstić information content (AvgIpc) is 2.64. The van der Waals surface area contributed by atoms with Crippen molar-refractivity contribution in [2.45, 2.75) is 0 Å². The Morgan fingerprint density at radius 2 is 1.25 bits per heavy atom. The van der Waals surface area contributed by atoms with Gasteiger partial charge in [0.15, 0.2) is 0 Å². The predicted octanol–water partition coefficient (Wildman–Crippen LogP) is 2.15. The molecule has 0 bridgehead atoms. The molecule has 4 aromatic carbocycles. The molecule has 0 unspecified atom stereocenters. The van der Waals surface area contributed by atoms with Crippen molar-refractivity contribution in [3.63, 3.8) is 0 Å². The molecule has 0 amide bonds. The van der Waals surface area contributed by atoms with Crippen LogP contribution in [0.25, 0.3) is 10.8 Å². The predicted molar refractivity (Wildman–Crippen MR) is 107 cm³/mol. The third-order valence-electron chi connectivity index (χ3n) is 3.77. The molecular weight excluding hydrogens is 422 g/mol. The van der Waals surface area contributed by atoms with Gasteiger partial charge in [-0.25, -0.2) is 0 Å². The van der Waals surface area contributed by atoms with Crippen LogP contribution in [-0.2, 0) is 0 Å². The monoisotopic (exact) mass is 440 g/mol. The van der Waals surface area contributed by atoms with Gasteiger partial charge < -0.3 is 0 Å². The van der Waals surface area contributed by atoms with Crippen molar-refractivity contribution in [3.05, 3.63) is 97.1 Å². The standard InChI is InChI=1S/C22H16Se2/c1-3-11-18(12-4-1)23-20-15-7-9-17-10-8-16-21(22(17)20)24-19-13-5-2-6-14-19/h1-16H/q+1. The first-order valence-corrected chi connectivity index (χ1v) is 11.3. The first kappa shape index (κ1) is 15.7. The van der Waals surface area contributed by atoms with E-state index in [-0.39, 0.29) is 0 Å². The Kier molecular flexibility index (Phi) is 4.83. The second-order valence-corrected chi connectivity index (χ2v) is 10.1. The Balaban J connectivity index is 1.79. The molecule has 0 heterocycles. The quantitative estimate of drug-likeness (QED) is 0.429. The number of benzene rings is 4. The van der Waals surface area contributed by atoms with E-state index in [1.165, 1.54) is 28.6 Å². The van der Waals surface area contributed by atoms with Crippen LogP contribution in [0.1, 0.15) is 0 Å². The van der Waals surface area contributed by atoms with E-state index in [4.69, 9.17) is 0 Å². The topological polar surface area (TPSA) is 0 Å². The molecule has 24 heavy (non-hydrogen) atoms. The fourth-order valence-electron chi connectivity index (χ4n) is 2.67. The van der Waals surface area contributed by atoms with Crippen LogP contribution in [0.3, 0.4) is 0 Å². The minimum atomic E-state index is 0.337. The fourth-order valence-corrected chi connectivity index (χ4v) is 7.30. The molecule has 0 nitrogen and oxygen atoms in total. The van der Waals surface area contributed by atoms with Gasteiger partial charge in [0.1, 0.15) is 0 Å². The summed E-state index contributed by atoms with van der Waals surface area (Å²) >= 11 is 0.674. The van der Waals surface area contributed by atoms with Crippen LogP contribution in [0.4, 0.5) is 0 Å². The molecule has 0 saturated carbocycles. The summed E-state index contributed by atoms with van der Waals surface area (Å²) in [5.74, 6) is 0. The van der Waals surface area contributed by atoms with Gasteiger partial charge in [-0.2, -0.15) is 0 Å². The molecule has 0 saturated heterocycles. The van der Waals surface area contributed by atoms with Crippen LogP contribution in [0.2, 0.25) is 0 Å². The zero-order valence-corrected chi connectivity index (χ0v) is 16.5. The van der Waals surface area contributed by atoms with E-state index < -0.39 is 0 Å². The summed E-state index contributed by atoms with van der Waals surface area (Å²) < 4.78 is 5.83. The van der Waals surface area contributed by atoms with Crippen LogP contribution >= 0.6 is 0 Å². The molecule has 0 aromatic heterocycles. The molecule has 2 heteroatoms. The summed E-state index contributed by atoms with van der Waals surface area (Å²) in [5, 5.41) is 2.83. The molecular formula is C22H16Se2+. The van der Waals surface area contributed by atoms with Crippen LogP contribution in [0.5, 0.6) is 0 Å². The van der Waals surface area contributed by atoms with Gasteiger partial charge in [0.05, 0.1) is 0 Å². The van der Waals surface area contributed by atoms with E-state index in [1.807, 2.05) is 0 Å². The number of rotatable bonds is 4. The molecule has 115 valence electrons. The molecule has 0 aliphatic heterocycles. The first-order chi connectivity index (χ1) is 11.9.